The van der Waals surface area contributed by atoms with Gasteiger partial charge in [0.15, 0.2) is 0 Å². The van der Waals surface area contributed by atoms with Crippen molar-refractivity contribution in [3.8, 4) is 5.75 Å². The molecule has 0 radical (unpaired) electrons. The van der Waals surface area contributed by atoms with Gasteiger partial charge in [-0.05, 0) is 25.2 Å². The molecule has 2 aromatic rings. The van der Waals surface area contributed by atoms with E-state index in [1.807, 2.05) is 43.4 Å². The number of para-hydroxylation sites is 1. The maximum absolute atomic E-state index is 5.90. The third-order valence-corrected chi connectivity index (χ3v) is 3.33. The van der Waals surface area contributed by atoms with E-state index in [2.05, 4.69) is 10.3 Å². The van der Waals surface area contributed by atoms with Gasteiger partial charge in [0, 0.05) is 18.9 Å². The highest BCUT2D eigenvalue weighted by molar-refractivity contribution is 6.30. The van der Waals surface area contributed by atoms with Gasteiger partial charge in [-0.2, -0.15) is 0 Å². The molecule has 0 saturated heterocycles. The number of aromatic nitrogens is 1. The minimum Gasteiger partial charge on any atom is -0.491 e. The zero-order valence-electron chi connectivity index (χ0n) is 12.2. The molecule has 0 saturated carbocycles. The second kappa shape index (κ2) is 7.98. The molecule has 0 fully saturated rings. The van der Waals surface area contributed by atoms with Crippen molar-refractivity contribution in [1.29, 1.82) is 0 Å². The first-order chi connectivity index (χ1) is 10.3. The molecule has 0 aliphatic rings. The topological polar surface area (TPSA) is 43.4 Å². The molecule has 5 heteroatoms. The summed E-state index contributed by atoms with van der Waals surface area (Å²) in [5.41, 5.74) is 1.93. The van der Waals surface area contributed by atoms with Crippen LogP contribution in [0.1, 0.15) is 17.3 Å². The van der Waals surface area contributed by atoms with Gasteiger partial charge >= 0.3 is 0 Å². The lowest BCUT2D eigenvalue weighted by Gasteiger charge is -2.19. The van der Waals surface area contributed by atoms with Crippen LogP contribution in [-0.4, -0.2) is 32.4 Å². The molecule has 21 heavy (non-hydrogen) atoms. The molecule has 1 N–H and O–H groups in total. The van der Waals surface area contributed by atoms with Gasteiger partial charge in [-0.3, -0.25) is 4.98 Å². The largest absolute Gasteiger partial charge is 0.491 e. The van der Waals surface area contributed by atoms with Crippen LogP contribution in [0.4, 0.5) is 0 Å². The van der Waals surface area contributed by atoms with E-state index in [4.69, 9.17) is 21.1 Å². The van der Waals surface area contributed by atoms with Crippen molar-refractivity contribution >= 4 is 11.6 Å². The summed E-state index contributed by atoms with van der Waals surface area (Å²) >= 11 is 5.90. The Morgan fingerprint density at radius 2 is 2.00 bits per heavy atom. The number of benzene rings is 1. The Hall–Kier alpha value is -1.62. The maximum Gasteiger partial charge on any atom is 0.124 e. The molecule has 1 atom stereocenters. The molecule has 1 unspecified atom stereocenters. The van der Waals surface area contributed by atoms with Crippen molar-refractivity contribution in [1.82, 2.24) is 10.3 Å². The summed E-state index contributed by atoms with van der Waals surface area (Å²) in [5, 5.41) is 3.89. The smallest absolute Gasteiger partial charge is 0.124 e. The fourth-order valence-corrected chi connectivity index (χ4v) is 2.22. The van der Waals surface area contributed by atoms with Crippen LogP contribution in [0, 0.1) is 0 Å². The van der Waals surface area contributed by atoms with E-state index < -0.39 is 0 Å². The summed E-state index contributed by atoms with van der Waals surface area (Å²) in [4.78, 5) is 4.39. The van der Waals surface area contributed by atoms with Gasteiger partial charge in [-0.1, -0.05) is 29.8 Å². The zero-order chi connectivity index (χ0) is 15.1. The highest BCUT2D eigenvalue weighted by atomic mass is 35.5. The summed E-state index contributed by atoms with van der Waals surface area (Å²) in [6, 6.07) is 11.6. The molecular weight excluding hydrogens is 288 g/mol. The quantitative estimate of drug-likeness (QED) is 0.798. The van der Waals surface area contributed by atoms with Crippen molar-refractivity contribution in [2.24, 2.45) is 0 Å². The van der Waals surface area contributed by atoms with Gasteiger partial charge < -0.3 is 14.8 Å². The molecule has 0 aliphatic heterocycles. The monoisotopic (exact) mass is 306 g/mol. The third-order valence-electron chi connectivity index (χ3n) is 3.11. The number of nitrogens with zero attached hydrogens (tertiary/aromatic N) is 1. The first-order valence-electron chi connectivity index (χ1n) is 6.75. The normalized spacial score (nSPS) is 12.1. The molecule has 1 aromatic carbocycles. The molecule has 112 valence electrons. The van der Waals surface area contributed by atoms with Crippen LogP contribution < -0.4 is 10.1 Å². The lowest BCUT2D eigenvalue weighted by molar-refractivity contribution is 0.145. The molecule has 0 amide bonds. The second-order valence-electron chi connectivity index (χ2n) is 4.50. The maximum atomic E-state index is 5.90. The molecular formula is C16H19ClN2O2. The van der Waals surface area contributed by atoms with Crippen LogP contribution in [0.5, 0.6) is 5.75 Å². The molecule has 0 bridgehead atoms. The Labute approximate surface area is 130 Å². The number of halogens is 1. The molecule has 0 spiro atoms. The molecule has 2 rings (SSSR count). The van der Waals surface area contributed by atoms with E-state index in [-0.39, 0.29) is 6.04 Å². The molecule has 4 nitrogen and oxygen atoms in total. The van der Waals surface area contributed by atoms with E-state index >= 15 is 0 Å². The Bertz CT molecular complexity index is 560. The number of pyridine rings is 1. The second-order valence-corrected chi connectivity index (χ2v) is 4.94. The first-order valence-corrected chi connectivity index (χ1v) is 7.13. The highest BCUT2D eigenvalue weighted by Gasteiger charge is 2.17. The number of hydrogen-bond acceptors (Lipinski definition) is 4. The fourth-order valence-electron chi connectivity index (χ4n) is 2.11. The molecule has 1 heterocycles. The minimum absolute atomic E-state index is 0.0546. The van der Waals surface area contributed by atoms with Crippen molar-refractivity contribution in [2.75, 3.05) is 27.4 Å². The number of ether oxygens (including phenoxy) is 2. The summed E-state index contributed by atoms with van der Waals surface area (Å²) in [6.45, 7) is 1.07. The van der Waals surface area contributed by atoms with Crippen LogP contribution in [0.2, 0.25) is 5.02 Å². The number of rotatable bonds is 7. The van der Waals surface area contributed by atoms with Gasteiger partial charge in [-0.25, -0.2) is 0 Å². The highest BCUT2D eigenvalue weighted by Crippen LogP contribution is 2.29. The predicted octanol–water partition coefficient (Wildman–Crippen LogP) is 3.07. The predicted molar refractivity (Wildman–Crippen MR) is 84.0 cm³/mol. The van der Waals surface area contributed by atoms with Crippen molar-refractivity contribution < 1.29 is 9.47 Å². The summed E-state index contributed by atoms with van der Waals surface area (Å²) in [7, 11) is 3.55. The number of methoxy groups -OCH3 is 1. The Kier molecular flexibility index (Phi) is 5.99. The van der Waals surface area contributed by atoms with Crippen molar-refractivity contribution in [3.63, 3.8) is 0 Å². The van der Waals surface area contributed by atoms with E-state index in [1.165, 1.54) is 0 Å². The average Bonchev–Trinajstić information content (AvgIpc) is 2.51. The van der Waals surface area contributed by atoms with Crippen molar-refractivity contribution in [3.05, 3.63) is 58.9 Å². The lowest BCUT2D eigenvalue weighted by atomic mass is 10.0. The van der Waals surface area contributed by atoms with Crippen LogP contribution in [0.3, 0.4) is 0 Å². The summed E-state index contributed by atoms with van der Waals surface area (Å²) in [6.07, 6.45) is 1.65. The number of hydrogen-bond donors (Lipinski definition) is 1. The van der Waals surface area contributed by atoms with Gasteiger partial charge in [0.25, 0.3) is 0 Å². The Balaban J connectivity index is 2.27. The fraction of sp³-hybridized carbons (Fsp3) is 0.312. The van der Waals surface area contributed by atoms with Gasteiger partial charge in [-0.15, -0.1) is 0 Å². The lowest BCUT2D eigenvalue weighted by Crippen LogP contribution is -2.20. The van der Waals surface area contributed by atoms with Gasteiger partial charge in [0.05, 0.1) is 23.4 Å². The van der Waals surface area contributed by atoms with Gasteiger partial charge in [0.1, 0.15) is 12.4 Å². The van der Waals surface area contributed by atoms with Crippen LogP contribution in [0.15, 0.2) is 42.6 Å². The first kappa shape index (κ1) is 15.8. The van der Waals surface area contributed by atoms with Gasteiger partial charge in [0.2, 0.25) is 0 Å². The van der Waals surface area contributed by atoms with Crippen LogP contribution in [-0.2, 0) is 4.74 Å². The summed E-state index contributed by atoms with van der Waals surface area (Å²) in [5.74, 6) is 0.825. The SMILES string of the molecule is CNC(c1ccc(Cl)cn1)c1ccccc1OCCOC. The van der Waals surface area contributed by atoms with E-state index in [1.54, 1.807) is 13.3 Å². The summed E-state index contributed by atoms with van der Waals surface area (Å²) < 4.78 is 10.8. The average molecular weight is 307 g/mol. The molecule has 1 aromatic heterocycles. The van der Waals surface area contributed by atoms with Crippen LogP contribution in [0.25, 0.3) is 0 Å². The van der Waals surface area contributed by atoms with Crippen molar-refractivity contribution in [2.45, 2.75) is 6.04 Å². The molecule has 0 aliphatic carbocycles. The minimum atomic E-state index is -0.0546. The number of nitrogens with one attached hydrogen (secondary N) is 1. The van der Waals surface area contributed by atoms with E-state index in [9.17, 15) is 0 Å². The Morgan fingerprint density at radius 3 is 2.67 bits per heavy atom. The van der Waals surface area contributed by atoms with Crippen LogP contribution >= 0.6 is 11.6 Å². The standard InChI is InChI=1S/C16H19ClN2O2/c1-18-16(14-8-7-12(17)11-19-14)13-5-3-4-6-15(13)21-10-9-20-2/h3-8,11,16,18H,9-10H2,1-2H3. The third kappa shape index (κ3) is 4.17. The van der Waals surface area contributed by atoms with E-state index in [0.717, 1.165) is 17.0 Å². The Morgan fingerprint density at radius 1 is 1.19 bits per heavy atom. The zero-order valence-corrected chi connectivity index (χ0v) is 12.9. The van der Waals surface area contributed by atoms with E-state index in [0.29, 0.717) is 18.2 Å².